The molecule has 0 N–H and O–H groups in total. The maximum atomic E-state index is 13.0. The number of para-hydroxylation sites is 2. The molecule has 1 aliphatic heterocycles. The van der Waals surface area contributed by atoms with Crippen LogP contribution in [0.3, 0.4) is 0 Å². The third-order valence-electron chi connectivity index (χ3n) is 4.26. The second-order valence-electron chi connectivity index (χ2n) is 5.88. The van der Waals surface area contributed by atoms with Gasteiger partial charge >= 0.3 is 5.97 Å². The Hall–Kier alpha value is -3.41. The van der Waals surface area contributed by atoms with Crippen molar-refractivity contribution in [3.05, 3.63) is 77.9 Å². The Bertz CT molecular complexity index is 979. The standard InChI is InChI=1S/C20H17N3O3/c1-2-26-20(25)15-12-22-16-10-6-7-11-17(16)23(13-18(22)21-15)19(24)14-8-4-3-5-9-14/h3-12H,2,13H2,1H3. The minimum atomic E-state index is -0.465. The average Bonchev–Trinajstić information content (AvgIpc) is 3.12. The minimum Gasteiger partial charge on any atom is -0.461 e. The normalized spacial score (nSPS) is 12.3. The molecule has 1 aromatic heterocycles. The van der Waals surface area contributed by atoms with E-state index in [2.05, 4.69) is 4.98 Å². The smallest absolute Gasteiger partial charge is 0.358 e. The fraction of sp³-hybridized carbons (Fsp3) is 0.150. The molecule has 6 heteroatoms. The predicted molar refractivity (Wildman–Crippen MR) is 96.5 cm³/mol. The van der Waals surface area contributed by atoms with Gasteiger partial charge in [-0.3, -0.25) is 14.3 Å². The van der Waals surface area contributed by atoms with E-state index in [1.165, 1.54) is 0 Å². The lowest BCUT2D eigenvalue weighted by molar-refractivity contribution is 0.0520. The van der Waals surface area contributed by atoms with Gasteiger partial charge in [0, 0.05) is 11.8 Å². The number of hydrogen-bond acceptors (Lipinski definition) is 4. The molecule has 0 aliphatic carbocycles. The van der Waals surface area contributed by atoms with E-state index in [1.54, 1.807) is 30.2 Å². The number of esters is 1. The number of carbonyl (C=O) groups is 2. The van der Waals surface area contributed by atoms with Crippen molar-refractivity contribution in [1.29, 1.82) is 0 Å². The quantitative estimate of drug-likeness (QED) is 0.683. The van der Waals surface area contributed by atoms with E-state index in [9.17, 15) is 9.59 Å². The Morgan fingerprint density at radius 2 is 1.73 bits per heavy atom. The third kappa shape index (κ3) is 2.65. The molecule has 1 amide bonds. The Morgan fingerprint density at radius 1 is 1.04 bits per heavy atom. The summed E-state index contributed by atoms with van der Waals surface area (Å²) < 4.78 is 6.89. The second kappa shape index (κ2) is 6.48. The van der Waals surface area contributed by atoms with E-state index in [0.29, 0.717) is 11.4 Å². The molecule has 4 rings (SSSR count). The van der Waals surface area contributed by atoms with Crippen LogP contribution < -0.4 is 4.90 Å². The van der Waals surface area contributed by atoms with E-state index in [4.69, 9.17) is 4.74 Å². The number of hydrogen-bond donors (Lipinski definition) is 0. The van der Waals surface area contributed by atoms with E-state index in [-0.39, 0.29) is 24.8 Å². The lowest BCUT2D eigenvalue weighted by atomic mass is 10.1. The molecule has 26 heavy (non-hydrogen) atoms. The molecule has 3 aromatic rings. The number of benzene rings is 2. The van der Waals surface area contributed by atoms with Gasteiger partial charge in [0.25, 0.3) is 5.91 Å². The van der Waals surface area contributed by atoms with Crippen molar-refractivity contribution in [2.75, 3.05) is 11.5 Å². The fourth-order valence-electron chi connectivity index (χ4n) is 3.08. The first-order valence-electron chi connectivity index (χ1n) is 8.40. The van der Waals surface area contributed by atoms with Crippen molar-refractivity contribution in [3.8, 4) is 5.69 Å². The van der Waals surface area contributed by atoms with Crippen LogP contribution in [0.5, 0.6) is 0 Å². The summed E-state index contributed by atoms with van der Waals surface area (Å²) in [7, 11) is 0. The lowest BCUT2D eigenvalue weighted by Crippen LogP contribution is -2.35. The summed E-state index contributed by atoms with van der Waals surface area (Å²) in [6.07, 6.45) is 1.66. The average molecular weight is 347 g/mol. The zero-order valence-electron chi connectivity index (χ0n) is 14.3. The van der Waals surface area contributed by atoms with Gasteiger partial charge in [0.1, 0.15) is 5.82 Å². The molecule has 0 unspecified atom stereocenters. The van der Waals surface area contributed by atoms with Crippen molar-refractivity contribution >= 4 is 17.6 Å². The molecule has 0 saturated carbocycles. The number of fused-ring (bicyclic) bond motifs is 3. The zero-order chi connectivity index (χ0) is 18.1. The van der Waals surface area contributed by atoms with Crippen LogP contribution in [0.25, 0.3) is 5.69 Å². The highest BCUT2D eigenvalue weighted by Crippen LogP contribution is 2.33. The van der Waals surface area contributed by atoms with Crippen molar-refractivity contribution in [2.24, 2.45) is 0 Å². The molecular weight excluding hydrogens is 330 g/mol. The van der Waals surface area contributed by atoms with Crippen LogP contribution in [0, 0.1) is 0 Å². The first-order valence-corrected chi connectivity index (χ1v) is 8.40. The Kier molecular flexibility index (Phi) is 4.01. The number of nitrogens with zero attached hydrogens (tertiary/aromatic N) is 3. The molecule has 0 radical (unpaired) electrons. The predicted octanol–water partition coefficient (Wildman–Crippen LogP) is 3.21. The summed E-state index contributed by atoms with van der Waals surface area (Å²) in [4.78, 5) is 31.1. The molecule has 1 aliphatic rings. The fourth-order valence-corrected chi connectivity index (χ4v) is 3.08. The molecule has 0 bridgehead atoms. The van der Waals surface area contributed by atoms with Gasteiger partial charge in [0.15, 0.2) is 5.69 Å². The number of ether oxygens (including phenoxy) is 1. The van der Waals surface area contributed by atoms with Gasteiger partial charge in [0.2, 0.25) is 0 Å². The van der Waals surface area contributed by atoms with Crippen LogP contribution in [-0.2, 0) is 11.3 Å². The Labute approximate surface area is 150 Å². The molecule has 2 aromatic carbocycles. The van der Waals surface area contributed by atoms with Crippen molar-refractivity contribution in [1.82, 2.24) is 9.55 Å². The van der Waals surface area contributed by atoms with Gasteiger partial charge in [-0.1, -0.05) is 30.3 Å². The summed E-state index contributed by atoms with van der Waals surface area (Å²) in [5.74, 6) is 0.0498. The van der Waals surface area contributed by atoms with Gasteiger partial charge in [-0.2, -0.15) is 0 Å². The number of rotatable bonds is 3. The maximum absolute atomic E-state index is 13.0. The van der Waals surface area contributed by atoms with Gasteiger partial charge in [-0.05, 0) is 31.2 Å². The summed E-state index contributed by atoms with van der Waals surface area (Å²) in [5.41, 5.74) is 2.43. The van der Waals surface area contributed by atoms with E-state index >= 15 is 0 Å². The number of imidazole rings is 1. The molecule has 6 nitrogen and oxygen atoms in total. The largest absolute Gasteiger partial charge is 0.461 e. The number of carbonyl (C=O) groups excluding carboxylic acids is 2. The third-order valence-corrected chi connectivity index (χ3v) is 4.26. The Balaban J connectivity index is 1.77. The summed E-state index contributed by atoms with van der Waals surface area (Å²) >= 11 is 0. The first-order chi connectivity index (χ1) is 12.7. The molecular formula is C20H17N3O3. The van der Waals surface area contributed by atoms with Crippen LogP contribution in [0.2, 0.25) is 0 Å². The molecule has 0 atom stereocenters. The number of amides is 1. The summed E-state index contributed by atoms with van der Waals surface area (Å²) in [5, 5.41) is 0. The number of anilines is 1. The lowest BCUT2D eigenvalue weighted by Gasteiger charge is -2.30. The van der Waals surface area contributed by atoms with Crippen LogP contribution in [0.1, 0.15) is 33.6 Å². The van der Waals surface area contributed by atoms with Crippen LogP contribution in [0.15, 0.2) is 60.8 Å². The highest BCUT2D eigenvalue weighted by molar-refractivity contribution is 6.07. The van der Waals surface area contributed by atoms with Crippen molar-refractivity contribution < 1.29 is 14.3 Å². The molecule has 0 spiro atoms. The van der Waals surface area contributed by atoms with E-state index < -0.39 is 5.97 Å². The van der Waals surface area contributed by atoms with Crippen molar-refractivity contribution in [2.45, 2.75) is 13.5 Å². The van der Waals surface area contributed by atoms with Crippen LogP contribution >= 0.6 is 0 Å². The van der Waals surface area contributed by atoms with Gasteiger partial charge in [-0.15, -0.1) is 0 Å². The summed E-state index contributed by atoms with van der Waals surface area (Å²) in [6, 6.07) is 16.7. The monoisotopic (exact) mass is 347 g/mol. The molecule has 130 valence electrons. The van der Waals surface area contributed by atoms with E-state index in [0.717, 1.165) is 11.4 Å². The van der Waals surface area contributed by atoms with Crippen LogP contribution in [-0.4, -0.2) is 28.0 Å². The highest BCUT2D eigenvalue weighted by Gasteiger charge is 2.29. The topological polar surface area (TPSA) is 64.4 Å². The second-order valence-corrected chi connectivity index (χ2v) is 5.88. The maximum Gasteiger partial charge on any atom is 0.358 e. The Morgan fingerprint density at radius 3 is 2.46 bits per heavy atom. The molecule has 0 saturated heterocycles. The molecule has 2 heterocycles. The SMILES string of the molecule is CCOC(=O)c1cn2c(n1)CN(C(=O)c1ccccc1)c1ccccc1-2. The minimum absolute atomic E-state index is 0.106. The number of aromatic nitrogens is 2. The van der Waals surface area contributed by atoms with E-state index in [1.807, 2.05) is 47.0 Å². The highest BCUT2D eigenvalue weighted by atomic mass is 16.5. The van der Waals surface area contributed by atoms with Gasteiger partial charge in [0.05, 0.1) is 24.5 Å². The zero-order valence-corrected chi connectivity index (χ0v) is 14.3. The first kappa shape index (κ1) is 16.1. The van der Waals surface area contributed by atoms with Crippen molar-refractivity contribution in [3.63, 3.8) is 0 Å². The van der Waals surface area contributed by atoms with Gasteiger partial charge < -0.3 is 4.74 Å². The summed E-state index contributed by atoms with van der Waals surface area (Å²) in [6.45, 7) is 2.32. The van der Waals surface area contributed by atoms with Crippen LogP contribution in [0.4, 0.5) is 5.69 Å². The molecule has 0 fully saturated rings. The van der Waals surface area contributed by atoms with Gasteiger partial charge in [-0.25, -0.2) is 9.78 Å².